The molecule has 0 aromatic heterocycles. The van der Waals surface area contributed by atoms with E-state index < -0.39 is 35.8 Å². The Kier molecular flexibility index (Phi) is 7.48. The first-order valence-electron chi connectivity index (χ1n) is 10.6. The van der Waals surface area contributed by atoms with E-state index in [1.807, 2.05) is 49.4 Å². The van der Waals surface area contributed by atoms with Crippen molar-refractivity contribution in [3.8, 4) is 11.5 Å². The van der Waals surface area contributed by atoms with Crippen molar-refractivity contribution in [3.05, 3.63) is 60.2 Å². The highest BCUT2D eigenvalue weighted by molar-refractivity contribution is 5.86. The zero-order valence-electron chi connectivity index (χ0n) is 17.8. The maximum atomic E-state index is 13.1. The van der Waals surface area contributed by atoms with Crippen LogP contribution in [-0.2, 0) is 20.9 Å². The Bertz CT molecular complexity index is 929. The monoisotopic (exact) mass is 441 g/mol. The molecule has 1 amide bonds. The van der Waals surface area contributed by atoms with E-state index in [2.05, 4.69) is 0 Å². The van der Waals surface area contributed by atoms with Gasteiger partial charge in [0.05, 0.1) is 5.92 Å². The molecule has 3 rings (SSSR count). The Morgan fingerprint density at radius 3 is 2.19 bits per heavy atom. The molecule has 2 aromatic rings. The fraction of sp³-hybridized carbons (Fsp3) is 0.375. The van der Waals surface area contributed by atoms with Gasteiger partial charge >= 0.3 is 11.9 Å². The van der Waals surface area contributed by atoms with Crippen molar-refractivity contribution in [2.45, 2.75) is 32.4 Å². The fourth-order valence-electron chi connectivity index (χ4n) is 4.09. The molecule has 32 heavy (non-hydrogen) atoms. The number of benzene rings is 2. The second kappa shape index (κ2) is 10.3. The Hall–Kier alpha value is -3.39. The summed E-state index contributed by atoms with van der Waals surface area (Å²) in [5.41, 5.74) is 0.858. The summed E-state index contributed by atoms with van der Waals surface area (Å²) in [4.78, 5) is 37.4. The van der Waals surface area contributed by atoms with Gasteiger partial charge in [-0.25, -0.2) is 4.79 Å². The van der Waals surface area contributed by atoms with E-state index in [1.165, 1.54) is 0 Å². The van der Waals surface area contributed by atoms with Gasteiger partial charge in [0.15, 0.2) is 6.10 Å². The lowest BCUT2D eigenvalue weighted by Gasteiger charge is -2.44. The molecular formula is C24H27NO7. The Balaban J connectivity index is 1.70. The third kappa shape index (κ3) is 5.26. The van der Waals surface area contributed by atoms with Crippen LogP contribution >= 0.6 is 0 Å². The van der Waals surface area contributed by atoms with E-state index in [4.69, 9.17) is 9.84 Å². The molecule has 8 heteroatoms. The molecule has 1 aliphatic carbocycles. The van der Waals surface area contributed by atoms with Crippen molar-refractivity contribution in [2.75, 3.05) is 6.54 Å². The number of amides is 1. The summed E-state index contributed by atoms with van der Waals surface area (Å²) in [6.45, 7) is 2.65. The number of hydrogen-bond acceptors (Lipinski definition) is 5. The van der Waals surface area contributed by atoms with Crippen molar-refractivity contribution in [3.63, 3.8) is 0 Å². The first kappa shape index (κ1) is 23.3. The maximum absolute atomic E-state index is 13.1. The van der Waals surface area contributed by atoms with Crippen LogP contribution in [0.4, 0.5) is 0 Å². The van der Waals surface area contributed by atoms with Crippen LogP contribution in [0.1, 0.15) is 25.3 Å². The van der Waals surface area contributed by atoms with Crippen molar-refractivity contribution < 1.29 is 34.4 Å². The first-order valence-corrected chi connectivity index (χ1v) is 10.6. The lowest BCUT2D eigenvalue weighted by molar-refractivity contribution is -0.173. The minimum absolute atomic E-state index is 0.0211. The van der Waals surface area contributed by atoms with Gasteiger partial charge in [-0.2, -0.15) is 0 Å². The van der Waals surface area contributed by atoms with Gasteiger partial charge in [0.25, 0.3) is 0 Å². The van der Waals surface area contributed by atoms with Gasteiger partial charge < -0.3 is 25.0 Å². The number of nitrogens with zero attached hydrogens (tertiary/aromatic N) is 1. The van der Waals surface area contributed by atoms with E-state index >= 15 is 0 Å². The second-order valence-corrected chi connectivity index (χ2v) is 7.97. The molecule has 0 aliphatic heterocycles. The summed E-state index contributed by atoms with van der Waals surface area (Å²) >= 11 is 0. The van der Waals surface area contributed by atoms with Gasteiger partial charge in [-0.05, 0) is 42.7 Å². The maximum Gasteiger partial charge on any atom is 0.332 e. The van der Waals surface area contributed by atoms with Crippen LogP contribution in [-0.4, -0.2) is 50.7 Å². The summed E-state index contributed by atoms with van der Waals surface area (Å²) in [6.07, 6.45) is -1.19. The lowest BCUT2D eigenvalue weighted by atomic mass is 9.61. The molecule has 0 spiro atoms. The highest BCUT2D eigenvalue weighted by atomic mass is 16.5. The van der Waals surface area contributed by atoms with Crippen LogP contribution in [0.15, 0.2) is 54.6 Å². The molecule has 0 bridgehead atoms. The molecule has 0 heterocycles. The summed E-state index contributed by atoms with van der Waals surface area (Å²) in [7, 11) is 0. The smallest absolute Gasteiger partial charge is 0.332 e. The molecule has 8 nitrogen and oxygen atoms in total. The number of carboxylic acids is 2. The third-order valence-electron chi connectivity index (χ3n) is 5.77. The van der Waals surface area contributed by atoms with Crippen molar-refractivity contribution in [1.82, 2.24) is 4.90 Å². The number of para-hydroxylation sites is 1. The largest absolute Gasteiger partial charge is 0.481 e. The van der Waals surface area contributed by atoms with Gasteiger partial charge in [0.1, 0.15) is 11.5 Å². The number of carbonyl (C=O) groups is 3. The van der Waals surface area contributed by atoms with E-state index in [-0.39, 0.29) is 12.3 Å². The minimum Gasteiger partial charge on any atom is -0.481 e. The number of carbonyl (C=O) groups excluding carboxylic acids is 1. The molecule has 1 saturated carbocycles. The number of ether oxygens (including phenoxy) is 1. The number of carboxylic acid groups (broad SMARTS) is 2. The molecule has 4 atom stereocenters. The SMILES string of the molecule is CCCN(Cc1ccc(Oc2ccccc2)cc1)C(=O)C1CC(C(=O)O)C1C(O)C(=O)O. The van der Waals surface area contributed by atoms with Gasteiger partial charge in [-0.3, -0.25) is 9.59 Å². The normalized spacial score (nSPS) is 20.6. The minimum atomic E-state index is -1.89. The van der Waals surface area contributed by atoms with Crippen LogP contribution in [0.5, 0.6) is 11.5 Å². The highest BCUT2D eigenvalue weighted by Crippen LogP contribution is 2.44. The second-order valence-electron chi connectivity index (χ2n) is 7.97. The molecule has 0 saturated heterocycles. The molecule has 0 radical (unpaired) electrons. The summed E-state index contributed by atoms with van der Waals surface area (Å²) in [5.74, 6) is -4.71. The number of aliphatic carboxylic acids is 2. The van der Waals surface area contributed by atoms with Gasteiger partial charge in [-0.15, -0.1) is 0 Å². The predicted molar refractivity (Wildman–Crippen MR) is 115 cm³/mol. The average molecular weight is 441 g/mol. The third-order valence-corrected chi connectivity index (χ3v) is 5.77. The molecule has 3 N–H and O–H groups in total. The van der Waals surface area contributed by atoms with E-state index in [0.29, 0.717) is 31.0 Å². The Morgan fingerprint density at radius 2 is 1.62 bits per heavy atom. The number of aliphatic hydroxyl groups excluding tert-OH is 1. The van der Waals surface area contributed by atoms with Crippen LogP contribution in [0.25, 0.3) is 0 Å². The highest BCUT2D eigenvalue weighted by Gasteiger charge is 2.54. The van der Waals surface area contributed by atoms with E-state index in [1.54, 1.807) is 17.0 Å². The molecule has 1 fully saturated rings. The standard InChI is InChI=1S/C24H27NO7/c1-2-12-25(22(27)18-13-19(23(28)29)20(18)21(26)24(30)31)14-15-8-10-17(11-9-15)32-16-6-4-3-5-7-16/h3-11,18-21,26H,2,12-14H2,1H3,(H,28,29)(H,30,31). The van der Waals surface area contributed by atoms with Gasteiger partial charge in [0, 0.05) is 24.9 Å². The number of aliphatic hydroxyl groups is 1. The van der Waals surface area contributed by atoms with Crippen LogP contribution in [0.3, 0.4) is 0 Å². The van der Waals surface area contributed by atoms with E-state index in [9.17, 15) is 24.6 Å². The average Bonchev–Trinajstić information content (AvgIpc) is 2.74. The van der Waals surface area contributed by atoms with Crippen LogP contribution < -0.4 is 4.74 Å². The predicted octanol–water partition coefficient (Wildman–Crippen LogP) is 3.00. The van der Waals surface area contributed by atoms with Gasteiger partial charge in [0.2, 0.25) is 5.91 Å². The summed E-state index contributed by atoms with van der Waals surface area (Å²) in [5, 5.41) is 28.4. The zero-order chi connectivity index (χ0) is 23.3. The lowest BCUT2D eigenvalue weighted by Crippen LogP contribution is -2.56. The fourth-order valence-corrected chi connectivity index (χ4v) is 4.09. The number of rotatable bonds is 10. The van der Waals surface area contributed by atoms with Gasteiger partial charge in [-0.1, -0.05) is 37.3 Å². The summed E-state index contributed by atoms with van der Waals surface area (Å²) in [6, 6.07) is 16.6. The van der Waals surface area contributed by atoms with Crippen molar-refractivity contribution in [1.29, 1.82) is 0 Å². The zero-order valence-corrected chi connectivity index (χ0v) is 17.8. The van der Waals surface area contributed by atoms with Crippen molar-refractivity contribution in [2.24, 2.45) is 17.8 Å². The molecule has 1 aliphatic rings. The quantitative estimate of drug-likeness (QED) is 0.518. The van der Waals surface area contributed by atoms with Crippen LogP contribution in [0, 0.1) is 17.8 Å². The first-order chi connectivity index (χ1) is 15.3. The van der Waals surface area contributed by atoms with Crippen LogP contribution in [0.2, 0.25) is 0 Å². The molecular weight excluding hydrogens is 414 g/mol. The Morgan fingerprint density at radius 1 is 1.00 bits per heavy atom. The molecule has 170 valence electrons. The van der Waals surface area contributed by atoms with E-state index in [0.717, 1.165) is 5.56 Å². The van der Waals surface area contributed by atoms with Crippen molar-refractivity contribution >= 4 is 17.8 Å². The topological polar surface area (TPSA) is 124 Å². The molecule has 2 aromatic carbocycles. The summed E-state index contributed by atoms with van der Waals surface area (Å²) < 4.78 is 5.78. The Labute approximate surface area is 186 Å². The molecule has 4 unspecified atom stereocenters. The number of hydrogen-bond donors (Lipinski definition) is 3.